The Morgan fingerprint density at radius 1 is 0.938 bits per heavy atom. The van der Waals surface area contributed by atoms with Crippen LogP contribution in [0.5, 0.6) is 11.5 Å². The van der Waals surface area contributed by atoms with Gasteiger partial charge in [-0.05, 0) is 37.3 Å². The Kier molecular flexibility index (Phi) is 8.55. The smallest absolute Gasteiger partial charge is 0.324 e. The second kappa shape index (κ2) is 11.1. The zero-order valence-corrected chi connectivity index (χ0v) is 18.4. The van der Waals surface area contributed by atoms with Gasteiger partial charge >= 0.3 is 5.97 Å². The minimum atomic E-state index is -3.93. The van der Waals surface area contributed by atoms with Crippen molar-refractivity contribution in [1.82, 2.24) is 15.6 Å². The maximum absolute atomic E-state index is 12.2. The van der Waals surface area contributed by atoms with E-state index in [4.69, 9.17) is 14.2 Å². The molecule has 0 aromatic heterocycles. The minimum Gasteiger partial charge on any atom is -0.493 e. The van der Waals surface area contributed by atoms with E-state index in [1.165, 1.54) is 63.6 Å². The van der Waals surface area contributed by atoms with E-state index in [2.05, 4.69) is 15.6 Å². The van der Waals surface area contributed by atoms with E-state index in [0.29, 0.717) is 11.5 Å². The minimum absolute atomic E-state index is 0.0183. The summed E-state index contributed by atoms with van der Waals surface area (Å²) < 4.78 is 41.6. The lowest BCUT2D eigenvalue weighted by atomic mass is 10.2. The molecule has 3 N–H and O–H groups in total. The van der Waals surface area contributed by atoms with Crippen molar-refractivity contribution in [3.8, 4) is 11.5 Å². The number of hydrogen-bond acceptors (Lipinski definition) is 8. The van der Waals surface area contributed by atoms with Gasteiger partial charge in [-0.1, -0.05) is 18.2 Å². The summed E-state index contributed by atoms with van der Waals surface area (Å²) in [4.78, 5) is 36.0. The van der Waals surface area contributed by atoms with E-state index in [9.17, 15) is 22.8 Å². The van der Waals surface area contributed by atoms with Crippen LogP contribution < -0.4 is 25.0 Å². The number of benzene rings is 2. The quantitative estimate of drug-likeness (QED) is 0.355. The lowest BCUT2D eigenvalue weighted by molar-refractivity contribution is -0.149. The van der Waals surface area contributed by atoms with Gasteiger partial charge < -0.3 is 14.2 Å². The summed E-state index contributed by atoms with van der Waals surface area (Å²) in [7, 11) is -1.07. The molecule has 0 saturated heterocycles. The highest BCUT2D eigenvalue weighted by atomic mass is 32.2. The fourth-order valence-corrected chi connectivity index (χ4v) is 3.64. The van der Waals surface area contributed by atoms with Crippen molar-refractivity contribution < 1.29 is 37.0 Å². The van der Waals surface area contributed by atoms with Crippen molar-refractivity contribution in [2.75, 3.05) is 20.8 Å². The van der Waals surface area contributed by atoms with Crippen LogP contribution in [0.15, 0.2) is 53.4 Å². The number of amides is 2. The third-order valence-corrected chi connectivity index (χ3v) is 5.60. The molecule has 2 rings (SSSR count). The maximum atomic E-state index is 12.2. The van der Waals surface area contributed by atoms with Crippen LogP contribution in [0.25, 0.3) is 0 Å². The zero-order chi connectivity index (χ0) is 23.7. The highest BCUT2D eigenvalue weighted by Crippen LogP contribution is 2.27. The van der Waals surface area contributed by atoms with E-state index in [1.807, 2.05) is 0 Å². The van der Waals surface area contributed by atoms with Crippen LogP contribution in [0.2, 0.25) is 0 Å². The first-order chi connectivity index (χ1) is 15.2. The van der Waals surface area contributed by atoms with E-state index in [1.54, 1.807) is 6.07 Å². The second-order valence-corrected chi connectivity index (χ2v) is 8.05. The van der Waals surface area contributed by atoms with E-state index in [0.717, 1.165) is 0 Å². The summed E-state index contributed by atoms with van der Waals surface area (Å²) in [6.45, 7) is 0.544. The Morgan fingerprint density at radius 2 is 1.59 bits per heavy atom. The fraction of sp³-hybridized carbons (Fsp3) is 0.250. The molecule has 0 saturated carbocycles. The topological polar surface area (TPSA) is 149 Å². The highest BCUT2D eigenvalue weighted by molar-refractivity contribution is 7.89. The normalized spacial score (nSPS) is 11.7. The third-order valence-electron chi connectivity index (χ3n) is 4.05. The average molecular weight is 465 g/mol. The predicted octanol–water partition coefficient (Wildman–Crippen LogP) is 0.375. The van der Waals surface area contributed by atoms with Crippen molar-refractivity contribution in [3.63, 3.8) is 0 Å². The molecule has 12 heteroatoms. The van der Waals surface area contributed by atoms with Gasteiger partial charge in [0.2, 0.25) is 10.0 Å². The molecule has 0 aliphatic carbocycles. The molecule has 0 fully saturated rings. The van der Waals surface area contributed by atoms with Crippen molar-refractivity contribution in [3.05, 3.63) is 54.1 Å². The lowest BCUT2D eigenvalue weighted by Gasteiger charge is -2.14. The number of esters is 1. The number of sulfonamides is 1. The Balaban J connectivity index is 1.82. The van der Waals surface area contributed by atoms with Gasteiger partial charge in [0.1, 0.15) is 6.04 Å². The summed E-state index contributed by atoms with van der Waals surface area (Å²) in [5.74, 6) is -1.69. The van der Waals surface area contributed by atoms with Crippen LogP contribution in [0.1, 0.15) is 17.3 Å². The molecule has 0 heterocycles. The number of rotatable bonds is 9. The van der Waals surface area contributed by atoms with Gasteiger partial charge in [0, 0.05) is 5.56 Å². The van der Waals surface area contributed by atoms with E-state index in [-0.39, 0.29) is 10.5 Å². The van der Waals surface area contributed by atoms with Gasteiger partial charge in [0.15, 0.2) is 18.1 Å². The molecule has 0 bridgehead atoms. The first kappa shape index (κ1) is 24.6. The molecule has 32 heavy (non-hydrogen) atoms. The molecule has 0 aliphatic rings. The van der Waals surface area contributed by atoms with Crippen molar-refractivity contribution in [1.29, 1.82) is 0 Å². The summed E-state index contributed by atoms with van der Waals surface area (Å²) >= 11 is 0. The molecule has 2 aromatic rings. The molecule has 1 unspecified atom stereocenters. The van der Waals surface area contributed by atoms with Crippen LogP contribution in [-0.4, -0.2) is 53.1 Å². The summed E-state index contributed by atoms with van der Waals surface area (Å²) in [5.41, 5.74) is 4.44. The number of carbonyl (C=O) groups excluding carboxylic acids is 3. The van der Waals surface area contributed by atoms with Crippen LogP contribution in [0.3, 0.4) is 0 Å². The van der Waals surface area contributed by atoms with Gasteiger partial charge in [-0.25, -0.2) is 8.42 Å². The molecule has 11 nitrogen and oxygen atoms in total. The molecule has 1 atom stereocenters. The standard InChI is InChI=1S/C20H23N3O8S/c1-13(23-32(27,28)15-7-5-4-6-8-15)20(26)31-12-18(24)21-22-19(25)14-9-10-16(29-2)17(11-14)30-3/h4-11,13,23H,12H2,1-3H3,(H,21,24)(H,22,25). The van der Waals surface area contributed by atoms with Gasteiger partial charge in [0.25, 0.3) is 11.8 Å². The number of ether oxygens (including phenoxy) is 3. The van der Waals surface area contributed by atoms with Crippen LogP contribution in [0.4, 0.5) is 0 Å². The Hall–Kier alpha value is -3.64. The molecule has 172 valence electrons. The van der Waals surface area contributed by atoms with Crippen LogP contribution >= 0.6 is 0 Å². The highest BCUT2D eigenvalue weighted by Gasteiger charge is 2.23. The molecule has 0 radical (unpaired) electrons. The molecular formula is C20H23N3O8S. The first-order valence-electron chi connectivity index (χ1n) is 9.23. The fourth-order valence-electron chi connectivity index (χ4n) is 2.42. The zero-order valence-electron chi connectivity index (χ0n) is 17.6. The number of hydrazine groups is 1. The SMILES string of the molecule is COc1ccc(C(=O)NNC(=O)COC(=O)C(C)NS(=O)(=O)c2ccccc2)cc1OC. The first-order valence-corrected chi connectivity index (χ1v) is 10.7. The molecule has 2 aromatic carbocycles. The van der Waals surface area contributed by atoms with E-state index < -0.39 is 40.5 Å². The summed E-state index contributed by atoms with van der Waals surface area (Å²) in [6.07, 6.45) is 0. The molecular weight excluding hydrogens is 442 g/mol. The van der Waals surface area contributed by atoms with Gasteiger partial charge in [0.05, 0.1) is 19.1 Å². The van der Waals surface area contributed by atoms with Crippen LogP contribution in [-0.2, 0) is 24.3 Å². The second-order valence-electron chi connectivity index (χ2n) is 6.34. The number of hydrogen-bond donors (Lipinski definition) is 3. The number of methoxy groups -OCH3 is 2. The summed E-state index contributed by atoms with van der Waals surface area (Å²) in [5, 5.41) is 0. The van der Waals surface area contributed by atoms with Crippen molar-refractivity contribution in [2.24, 2.45) is 0 Å². The summed E-state index contributed by atoms with van der Waals surface area (Å²) in [6, 6.07) is 10.6. The van der Waals surface area contributed by atoms with Crippen molar-refractivity contribution >= 4 is 27.8 Å². The van der Waals surface area contributed by atoms with Crippen molar-refractivity contribution in [2.45, 2.75) is 17.9 Å². The monoisotopic (exact) mass is 465 g/mol. The average Bonchev–Trinajstić information content (AvgIpc) is 2.80. The lowest BCUT2D eigenvalue weighted by Crippen LogP contribution is -2.45. The molecule has 0 spiro atoms. The van der Waals surface area contributed by atoms with Crippen LogP contribution in [0, 0.1) is 0 Å². The maximum Gasteiger partial charge on any atom is 0.324 e. The van der Waals surface area contributed by atoms with Gasteiger partial charge in [-0.15, -0.1) is 0 Å². The Labute approximate surface area is 185 Å². The Bertz CT molecular complexity index is 1070. The number of carbonyl (C=O) groups is 3. The number of nitrogens with one attached hydrogen (secondary N) is 3. The van der Waals surface area contributed by atoms with E-state index >= 15 is 0 Å². The molecule has 2 amide bonds. The Morgan fingerprint density at radius 3 is 2.22 bits per heavy atom. The third kappa shape index (κ3) is 6.68. The van der Waals surface area contributed by atoms with Gasteiger partial charge in [-0.2, -0.15) is 4.72 Å². The predicted molar refractivity (Wildman–Crippen MR) is 112 cm³/mol. The molecule has 0 aliphatic heterocycles. The van der Waals surface area contributed by atoms with Gasteiger partial charge in [-0.3, -0.25) is 25.2 Å². The largest absolute Gasteiger partial charge is 0.493 e.